The molecule has 0 radical (unpaired) electrons. The van der Waals surface area contributed by atoms with E-state index in [-0.39, 0.29) is 0 Å². The van der Waals surface area contributed by atoms with Crippen molar-refractivity contribution < 1.29 is 10.0 Å². The first-order valence-electron chi connectivity index (χ1n) is 5.88. The zero-order valence-electron chi connectivity index (χ0n) is 9.63. The first-order chi connectivity index (χ1) is 7.68. The molecule has 0 amide bonds. The van der Waals surface area contributed by atoms with Gasteiger partial charge in [0, 0.05) is 6.04 Å². The Morgan fingerprint density at radius 1 is 1.12 bits per heavy atom. The summed E-state index contributed by atoms with van der Waals surface area (Å²) in [5.41, 5.74) is 1.80. The Morgan fingerprint density at radius 3 is 2.19 bits per heavy atom. The van der Waals surface area contributed by atoms with E-state index in [1.807, 2.05) is 12.1 Å². The molecule has 1 heterocycles. The lowest BCUT2D eigenvalue weighted by Gasteiger charge is -2.24. The largest absolute Gasteiger partial charge is 0.488 e. The summed E-state index contributed by atoms with van der Waals surface area (Å²) in [6.07, 6.45) is 2.58. The van der Waals surface area contributed by atoms with Gasteiger partial charge in [-0.25, -0.2) is 0 Å². The van der Waals surface area contributed by atoms with E-state index in [0.29, 0.717) is 11.5 Å². The molecule has 16 heavy (non-hydrogen) atoms. The van der Waals surface area contributed by atoms with Crippen LogP contribution in [0.15, 0.2) is 24.3 Å². The van der Waals surface area contributed by atoms with Crippen LogP contribution in [0.2, 0.25) is 0 Å². The average Bonchev–Trinajstić information content (AvgIpc) is 2.81. The van der Waals surface area contributed by atoms with Crippen LogP contribution >= 0.6 is 0 Å². The van der Waals surface area contributed by atoms with Crippen LogP contribution in [-0.4, -0.2) is 35.2 Å². The standard InChI is InChI=1S/C12H18BNO2/c1-10(14-8-2-3-9-14)11-4-6-12(7-5-11)13(15)16/h4-7,10,15-16H,2-3,8-9H2,1H3/t10-/m1/s1. The highest BCUT2D eigenvalue weighted by molar-refractivity contribution is 6.58. The zero-order valence-corrected chi connectivity index (χ0v) is 9.63. The number of hydrogen-bond acceptors (Lipinski definition) is 3. The lowest BCUT2D eigenvalue weighted by molar-refractivity contribution is 0.263. The normalized spacial score (nSPS) is 18.7. The minimum atomic E-state index is -1.36. The third kappa shape index (κ3) is 2.46. The summed E-state index contributed by atoms with van der Waals surface area (Å²) in [5.74, 6) is 0. The first-order valence-corrected chi connectivity index (χ1v) is 5.88. The highest BCUT2D eigenvalue weighted by Crippen LogP contribution is 2.23. The molecule has 0 spiro atoms. The van der Waals surface area contributed by atoms with E-state index in [4.69, 9.17) is 10.0 Å². The number of nitrogens with zero attached hydrogens (tertiary/aromatic N) is 1. The summed E-state index contributed by atoms with van der Waals surface area (Å²) >= 11 is 0. The minimum Gasteiger partial charge on any atom is -0.423 e. The van der Waals surface area contributed by atoms with Gasteiger partial charge in [0.05, 0.1) is 0 Å². The zero-order chi connectivity index (χ0) is 11.5. The van der Waals surface area contributed by atoms with Crippen molar-refractivity contribution in [3.8, 4) is 0 Å². The van der Waals surface area contributed by atoms with Crippen molar-refractivity contribution in [2.45, 2.75) is 25.8 Å². The Kier molecular flexibility index (Phi) is 3.64. The Bertz CT molecular complexity index is 333. The van der Waals surface area contributed by atoms with Crippen molar-refractivity contribution in [2.75, 3.05) is 13.1 Å². The molecule has 1 aliphatic rings. The highest BCUT2D eigenvalue weighted by atomic mass is 16.4. The van der Waals surface area contributed by atoms with Crippen molar-refractivity contribution >= 4 is 12.6 Å². The van der Waals surface area contributed by atoms with E-state index in [0.717, 1.165) is 0 Å². The Hall–Kier alpha value is -0.835. The van der Waals surface area contributed by atoms with Gasteiger partial charge in [-0.2, -0.15) is 0 Å². The van der Waals surface area contributed by atoms with Gasteiger partial charge in [0.2, 0.25) is 0 Å². The lowest BCUT2D eigenvalue weighted by Crippen LogP contribution is -2.30. The molecule has 4 heteroatoms. The van der Waals surface area contributed by atoms with Crippen LogP contribution < -0.4 is 5.46 Å². The predicted octanol–water partition coefficient (Wildman–Crippen LogP) is 0.523. The molecule has 0 aromatic heterocycles. The third-order valence-electron chi connectivity index (χ3n) is 3.41. The fourth-order valence-electron chi connectivity index (χ4n) is 2.29. The quantitative estimate of drug-likeness (QED) is 0.728. The maximum Gasteiger partial charge on any atom is 0.488 e. The third-order valence-corrected chi connectivity index (χ3v) is 3.41. The topological polar surface area (TPSA) is 43.7 Å². The minimum absolute atomic E-state index is 0.424. The van der Waals surface area contributed by atoms with Gasteiger partial charge < -0.3 is 10.0 Å². The average molecular weight is 219 g/mol. The van der Waals surface area contributed by atoms with Crippen LogP contribution in [0.25, 0.3) is 0 Å². The second-order valence-electron chi connectivity index (χ2n) is 4.46. The monoisotopic (exact) mass is 219 g/mol. The summed E-state index contributed by atoms with van der Waals surface area (Å²) in [4.78, 5) is 2.46. The molecule has 3 nitrogen and oxygen atoms in total. The molecule has 1 aromatic rings. The molecule has 0 saturated carbocycles. The molecule has 0 unspecified atom stereocenters. The summed E-state index contributed by atoms with van der Waals surface area (Å²) in [6.45, 7) is 4.55. The van der Waals surface area contributed by atoms with Crippen LogP contribution in [-0.2, 0) is 0 Å². The number of likely N-dealkylation sites (tertiary alicyclic amines) is 1. The summed E-state index contributed by atoms with van der Waals surface area (Å²) in [7, 11) is -1.36. The fourth-order valence-corrected chi connectivity index (χ4v) is 2.29. The van der Waals surface area contributed by atoms with Gasteiger partial charge in [0.15, 0.2) is 0 Å². The molecule has 0 bridgehead atoms. The number of hydrogen-bond donors (Lipinski definition) is 2. The van der Waals surface area contributed by atoms with Gasteiger partial charge in [-0.3, -0.25) is 4.90 Å². The van der Waals surface area contributed by atoms with Gasteiger partial charge in [-0.1, -0.05) is 24.3 Å². The Balaban J connectivity index is 2.08. The van der Waals surface area contributed by atoms with E-state index >= 15 is 0 Å². The van der Waals surface area contributed by atoms with Crippen LogP contribution in [0.5, 0.6) is 0 Å². The molecule has 1 aromatic carbocycles. The van der Waals surface area contributed by atoms with E-state index in [9.17, 15) is 0 Å². The maximum absolute atomic E-state index is 9.01. The smallest absolute Gasteiger partial charge is 0.423 e. The van der Waals surface area contributed by atoms with Crippen molar-refractivity contribution in [3.05, 3.63) is 29.8 Å². The summed E-state index contributed by atoms with van der Waals surface area (Å²) in [6, 6.07) is 7.96. The highest BCUT2D eigenvalue weighted by Gasteiger charge is 2.19. The molecule has 1 atom stereocenters. The number of rotatable bonds is 3. The second kappa shape index (κ2) is 5.00. The Labute approximate surface area is 96.9 Å². The second-order valence-corrected chi connectivity index (χ2v) is 4.46. The molecule has 1 saturated heterocycles. The van der Waals surface area contributed by atoms with Gasteiger partial charge in [0.25, 0.3) is 0 Å². The molecule has 2 N–H and O–H groups in total. The van der Waals surface area contributed by atoms with E-state index in [1.54, 1.807) is 12.1 Å². The van der Waals surface area contributed by atoms with Gasteiger partial charge in [-0.15, -0.1) is 0 Å². The van der Waals surface area contributed by atoms with Crippen LogP contribution in [0.4, 0.5) is 0 Å². The lowest BCUT2D eigenvalue weighted by atomic mass is 9.80. The Morgan fingerprint density at radius 2 is 1.69 bits per heavy atom. The molecule has 2 rings (SSSR count). The van der Waals surface area contributed by atoms with Gasteiger partial charge in [0.1, 0.15) is 0 Å². The first kappa shape index (κ1) is 11.6. The molecular weight excluding hydrogens is 201 g/mol. The predicted molar refractivity (Wildman–Crippen MR) is 65.5 cm³/mol. The van der Waals surface area contributed by atoms with E-state index in [2.05, 4.69) is 11.8 Å². The van der Waals surface area contributed by atoms with Crippen molar-refractivity contribution in [2.24, 2.45) is 0 Å². The van der Waals surface area contributed by atoms with Gasteiger partial charge in [-0.05, 0) is 43.9 Å². The maximum atomic E-state index is 9.01. The van der Waals surface area contributed by atoms with Crippen LogP contribution in [0.1, 0.15) is 31.4 Å². The molecule has 1 aliphatic heterocycles. The van der Waals surface area contributed by atoms with Crippen LogP contribution in [0, 0.1) is 0 Å². The molecular formula is C12H18BNO2. The van der Waals surface area contributed by atoms with Crippen molar-refractivity contribution in [1.29, 1.82) is 0 Å². The molecule has 86 valence electrons. The summed E-state index contributed by atoms with van der Waals surface area (Å²) in [5, 5.41) is 18.0. The van der Waals surface area contributed by atoms with Crippen molar-refractivity contribution in [1.82, 2.24) is 4.90 Å². The summed E-state index contributed by atoms with van der Waals surface area (Å²) < 4.78 is 0. The molecule has 1 fully saturated rings. The van der Waals surface area contributed by atoms with Crippen molar-refractivity contribution in [3.63, 3.8) is 0 Å². The van der Waals surface area contributed by atoms with Gasteiger partial charge >= 0.3 is 7.12 Å². The van der Waals surface area contributed by atoms with E-state index in [1.165, 1.54) is 31.5 Å². The SMILES string of the molecule is C[C@H](c1ccc(B(O)O)cc1)N1CCCC1. The molecule has 0 aliphatic carbocycles. The van der Waals surface area contributed by atoms with Crippen LogP contribution in [0.3, 0.4) is 0 Å². The van der Waals surface area contributed by atoms with E-state index < -0.39 is 7.12 Å². The fraction of sp³-hybridized carbons (Fsp3) is 0.500. The number of benzene rings is 1.